The molecule has 0 radical (unpaired) electrons. The quantitative estimate of drug-likeness (QED) is 0.516. The van der Waals surface area contributed by atoms with Crippen molar-refractivity contribution >= 4 is 39.2 Å². The van der Waals surface area contributed by atoms with Crippen molar-refractivity contribution in [1.82, 2.24) is 4.31 Å². The van der Waals surface area contributed by atoms with E-state index in [9.17, 15) is 22.4 Å². The van der Waals surface area contributed by atoms with Crippen LogP contribution in [-0.4, -0.2) is 50.4 Å². The number of nitrogens with zero attached hydrogens (tertiary/aromatic N) is 1. The van der Waals surface area contributed by atoms with E-state index < -0.39 is 40.4 Å². The Bertz CT molecular complexity index is 1060. The molecular weight excluding hydrogens is 463 g/mol. The zero-order chi connectivity index (χ0) is 23.9. The van der Waals surface area contributed by atoms with Gasteiger partial charge in [0.05, 0.1) is 15.6 Å². The molecule has 0 saturated carbocycles. The molecule has 8 nitrogen and oxygen atoms in total. The van der Waals surface area contributed by atoms with Crippen LogP contribution < -0.4 is 10.1 Å². The highest BCUT2D eigenvalue weighted by atomic mass is 35.5. The number of carbonyl (C=O) groups excluding carboxylic acids is 2. The molecule has 174 valence electrons. The van der Waals surface area contributed by atoms with Crippen molar-refractivity contribution in [2.45, 2.75) is 31.8 Å². The third-order valence-corrected chi connectivity index (χ3v) is 6.76. The van der Waals surface area contributed by atoms with Crippen LogP contribution in [0.2, 0.25) is 5.02 Å². The minimum absolute atomic E-state index is 0.0294. The van der Waals surface area contributed by atoms with Gasteiger partial charge in [-0.2, -0.15) is 4.31 Å². The summed E-state index contributed by atoms with van der Waals surface area (Å²) in [5, 5.41) is 2.59. The molecule has 2 aromatic carbocycles. The van der Waals surface area contributed by atoms with Gasteiger partial charge in [-0.25, -0.2) is 17.6 Å². The number of benzene rings is 2. The fourth-order valence-electron chi connectivity index (χ4n) is 2.67. The lowest BCUT2D eigenvalue weighted by atomic mass is 10.3. The van der Waals surface area contributed by atoms with Gasteiger partial charge < -0.3 is 14.8 Å². The number of hydrogen-bond donors (Lipinski definition) is 1. The average molecular weight is 487 g/mol. The molecule has 0 aliphatic heterocycles. The van der Waals surface area contributed by atoms with Gasteiger partial charge >= 0.3 is 5.97 Å². The maximum absolute atomic E-state index is 12.9. The summed E-state index contributed by atoms with van der Waals surface area (Å²) in [7, 11) is -3.75. The van der Waals surface area contributed by atoms with Crippen LogP contribution in [0, 0.1) is 5.82 Å². The molecule has 2 rings (SSSR count). The summed E-state index contributed by atoms with van der Waals surface area (Å²) < 4.78 is 49.7. The van der Waals surface area contributed by atoms with Crippen molar-refractivity contribution in [2.24, 2.45) is 0 Å². The number of amides is 1. The van der Waals surface area contributed by atoms with Crippen LogP contribution in [0.25, 0.3) is 0 Å². The average Bonchev–Trinajstić information content (AvgIpc) is 2.75. The predicted molar refractivity (Wildman–Crippen MR) is 118 cm³/mol. The molecule has 1 amide bonds. The van der Waals surface area contributed by atoms with Gasteiger partial charge in [-0.1, -0.05) is 25.4 Å². The first kappa shape index (κ1) is 25.6. The van der Waals surface area contributed by atoms with E-state index in [0.29, 0.717) is 0 Å². The zero-order valence-corrected chi connectivity index (χ0v) is 19.4. The molecular formula is C21H24ClFN2O6S. The van der Waals surface area contributed by atoms with Gasteiger partial charge in [-0.15, -0.1) is 0 Å². The Hall–Kier alpha value is -2.69. The van der Waals surface area contributed by atoms with Gasteiger partial charge in [-0.05, 0) is 49.4 Å². The standard InChI is InChI=1S/C21H24ClFN2O6S/c1-4-25(5-2)32(28,29)17-10-11-18(22)19(12-17)24-21(27)14(3)31-20(26)13-30-16-8-6-15(23)7-9-16/h6-12,14H,4-5,13H2,1-3H3,(H,24,27). The van der Waals surface area contributed by atoms with Crippen LogP contribution in [0.4, 0.5) is 10.1 Å². The lowest BCUT2D eigenvalue weighted by Crippen LogP contribution is -2.32. The SMILES string of the molecule is CCN(CC)S(=O)(=O)c1ccc(Cl)c(NC(=O)C(C)OC(=O)COc2ccc(F)cc2)c1. The number of anilines is 1. The Morgan fingerprint density at radius 2 is 1.75 bits per heavy atom. The Kier molecular flexibility index (Phi) is 8.99. The maximum atomic E-state index is 12.9. The summed E-state index contributed by atoms with van der Waals surface area (Å²) in [5.74, 6) is -1.71. The molecule has 32 heavy (non-hydrogen) atoms. The molecule has 0 bridgehead atoms. The normalized spacial score (nSPS) is 12.3. The Balaban J connectivity index is 2.01. The summed E-state index contributed by atoms with van der Waals surface area (Å²) >= 11 is 6.10. The minimum atomic E-state index is -3.75. The molecule has 0 fully saturated rings. The number of halogens is 2. The van der Waals surface area contributed by atoms with E-state index in [1.807, 2.05) is 0 Å². The van der Waals surface area contributed by atoms with Crippen LogP contribution in [0.3, 0.4) is 0 Å². The van der Waals surface area contributed by atoms with Gasteiger partial charge in [0.15, 0.2) is 12.7 Å². The zero-order valence-electron chi connectivity index (χ0n) is 17.8. The Morgan fingerprint density at radius 1 is 1.12 bits per heavy atom. The molecule has 1 N–H and O–H groups in total. The number of ether oxygens (including phenoxy) is 2. The van der Waals surface area contributed by atoms with Crippen LogP contribution in [0.5, 0.6) is 5.75 Å². The van der Waals surface area contributed by atoms with E-state index in [-0.39, 0.29) is 34.4 Å². The molecule has 0 saturated heterocycles. The van der Waals surface area contributed by atoms with E-state index in [1.165, 1.54) is 53.7 Å². The molecule has 1 unspecified atom stereocenters. The second-order valence-corrected chi connectivity index (χ2v) is 8.94. The highest BCUT2D eigenvalue weighted by Crippen LogP contribution is 2.27. The number of esters is 1. The van der Waals surface area contributed by atoms with Crippen LogP contribution in [0.1, 0.15) is 20.8 Å². The molecule has 0 spiro atoms. The lowest BCUT2D eigenvalue weighted by Gasteiger charge is -2.19. The Labute approximate surface area is 191 Å². The van der Waals surface area contributed by atoms with Crippen LogP contribution >= 0.6 is 11.6 Å². The summed E-state index contributed by atoms with van der Waals surface area (Å²) in [6, 6.07) is 9.01. The monoisotopic (exact) mass is 486 g/mol. The highest BCUT2D eigenvalue weighted by molar-refractivity contribution is 7.89. The highest BCUT2D eigenvalue weighted by Gasteiger charge is 2.24. The van der Waals surface area contributed by atoms with E-state index in [2.05, 4.69) is 5.32 Å². The summed E-state index contributed by atoms with van der Waals surface area (Å²) in [6.07, 6.45) is -1.21. The first-order valence-electron chi connectivity index (χ1n) is 9.76. The minimum Gasteiger partial charge on any atom is -0.482 e. The van der Waals surface area contributed by atoms with Gasteiger partial charge in [-0.3, -0.25) is 4.79 Å². The van der Waals surface area contributed by atoms with Crippen molar-refractivity contribution in [3.8, 4) is 5.75 Å². The summed E-state index contributed by atoms with van der Waals surface area (Å²) in [6.45, 7) is 4.87. The fraction of sp³-hybridized carbons (Fsp3) is 0.333. The Morgan fingerprint density at radius 3 is 2.34 bits per heavy atom. The first-order valence-corrected chi connectivity index (χ1v) is 11.6. The molecule has 0 aromatic heterocycles. The lowest BCUT2D eigenvalue weighted by molar-refractivity contribution is -0.155. The number of hydrogen-bond acceptors (Lipinski definition) is 6. The summed E-state index contributed by atoms with van der Waals surface area (Å²) in [5.41, 5.74) is 0.0651. The van der Waals surface area contributed by atoms with Gasteiger partial charge in [0.25, 0.3) is 5.91 Å². The molecule has 11 heteroatoms. The van der Waals surface area contributed by atoms with Gasteiger partial charge in [0, 0.05) is 13.1 Å². The molecule has 0 heterocycles. The largest absolute Gasteiger partial charge is 0.482 e. The topological polar surface area (TPSA) is 102 Å². The van der Waals surface area contributed by atoms with Crippen molar-refractivity contribution in [2.75, 3.05) is 25.0 Å². The van der Waals surface area contributed by atoms with Crippen LogP contribution in [0.15, 0.2) is 47.4 Å². The summed E-state index contributed by atoms with van der Waals surface area (Å²) in [4.78, 5) is 24.3. The van der Waals surface area contributed by atoms with E-state index in [4.69, 9.17) is 21.1 Å². The van der Waals surface area contributed by atoms with Crippen molar-refractivity contribution in [3.05, 3.63) is 53.3 Å². The number of carbonyl (C=O) groups is 2. The number of sulfonamides is 1. The molecule has 0 aliphatic rings. The third-order valence-electron chi connectivity index (χ3n) is 4.39. The van der Waals surface area contributed by atoms with Gasteiger partial charge in [0.2, 0.25) is 10.0 Å². The molecule has 0 aliphatic carbocycles. The van der Waals surface area contributed by atoms with Crippen LogP contribution in [-0.2, 0) is 24.3 Å². The second kappa shape index (κ2) is 11.3. The maximum Gasteiger partial charge on any atom is 0.344 e. The molecule has 1 atom stereocenters. The first-order chi connectivity index (χ1) is 15.1. The number of nitrogens with one attached hydrogen (secondary N) is 1. The third kappa shape index (κ3) is 6.65. The van der Waals surface area contributed by atoms with Crippen molar-refractivity contribution in [3.63, 3.8) is 0 Å². The van der Waals surface area contributed by atoms with Crippen molar-refractivity contribution < 1.29 is 31.9 Å². The smallest absolute Gasteiger partial charge is 0.344 e. The second-order valence-electron chi connectivity index (χ2n) is 6.59. The van der Waals surface area contributed by atoms with Crippen molar-refractivity contribution in [1.29, 1.82) is 0 Å². The van der Waals surface area contributed by atoms with E-state index in [0.717, 1.165) is 0 Å². The van der Waals surface area contributed by atoms with Gasteiger partial charge in [0.1, 0.15) is 11.6 Å². The van der Waals surface area contributed by atoms with E-state index >= 15 is 0 Å². The van der Waals surface area contributed by atoms with E-state index in [1.54, 1.807) is 13.8 Å². The predicted octanol–water partition coefficient (Wildman–Crippen LogP) is 3.46. The molecule has 2 aromatic rings. The number of rotatable bonds is 10. The fourth-order valence-corrected chi connectivity index (χ4v) is 4.31.